The molecule has 0 amide bonds. The smallest absolute Gasteiger partial charge is 0.119 e. The molecule has 2 heterocycles. The minimum absolute atomic E-state index is 0.0936. The second kappa shape index (κ2) is 9.27. The number of nitrogens with one attached hydrogen (secondary N) is 1. The van der Waals surface area contributed by atoms with Crippen LogP contribution < -0.4 is 10.1 Å². The quantitative estimate of drug-likeness (QED) is 0.661. The molecule has 2 aliphatic rings. The van der Waals surface area contributed by atoms with Gasteiger partial charge in [-0.2, -0.15) is 0 Å². The van der Waals surface area contributed by atoms with E-state index < -0.39 is 0 Å². The molecule has 0 bridgehead atoms. The number of pyridine rings is 1. The third-order valence-electron chi connectivity index (χ3n) is 6.88. The van der Waals surface area contributed by atoms with E-state index in [0.717, 1.165) is 51.1 Å². The van der Waals surface area contributed by atoms with Crippen molar-refractivity contribution in [2.45, 2.75) is 62.4 Å². The predicted octanol–water partition coefficient (Wildman–Crippen LogP) is 4.67. The summed E-state index contributed by atoms with van der Waals surface area (Å²) in [7, 11) is 1.72. The Morgan fingerprint density at radius 2 is 1.97 bits per heavy atom. The van der Waals surface area contributed by atoms with Crippen LogP contribution in [0.25, 0.3) is 0 Å². The molecule has 4 nitrogen and oxygen atoms in total. The van der Waals surface area contributed by atoms with Gasteiger partial charge in [0, 0.05) is 23.9 Å². The van der Waals surface area contributed by atoms with E-state index in [4.69, 9.17) is 14.5 Å². The molecule has 2 aromatic rings. The predicted molar refractivity (Wildman–Crippen MR) is 116 cm³/mol. The van der Waals surface area contributed by atoms with Gasteiger partial charge in [0.2, 0.25) is 0 Å². The van der Waals surface area contributed by atoms with Crippen molar-refractivity contribution < 1.29 is 9.47 Å². The van der Waals surface area contributed by atoms with Crippen molar-refractivity contribution in [2.75, 3.05) is 26.8 Å². The number of ether oxygens (including phenoxy) is 2. The lowest BCUT2D eigenvalue weighted by Gasteiger charge is -2.46. The first kappa shape index (κ1) is 20.4. The van der Waals surface area contributed by atoms with Gasteiger partial charge in [-0.1, -0.05) is 31.0 Å². The zero-order chi connectivity index (χ0) is 20.0. The van der Waals surface area contributed by atoms with E-state index in [-0.39, 0.29) is 11.0 Å². The van der Waals surface area contributed by atoms with Crippen LogP contribution in [-0.2, 0) is 16.6 Å². The van der Waals surface area contributed by atoms with Crippen LogP contribution >= 0.6 is 0 Å². The molecule has 156 valence electrons. The highest BCUT2D eigenvalue weighted by molar-refractivity contribution is 5.28. The first-order chi connectivity index (χ1) is 14.2. The van der Waals surface area contributed by atoms with Gasteiger partial charge in [-0.15, -0.1) is 0 Å². The average molecular weight is 395 g/mol. The van der Waals surface area contributed by atoms with E-state index in [1.54, 1.807) is 7.11 Å². The normalized spacial score (nSPS) is 23.3. The summed E-state index contributed by atoms with van der Waals surface area (Å²) >= 11 is 0. The number of hydrogen-bond acceptors (Lipinski definition) is 4. The molecule has 4 heteroatoms. The number of rotatable bonds is 8. The minimum atomic E-state index is 0.0936. The van der Waals surface area contributed by atoms with E-state index >= 15 is 0 Å². The summed E-state index contributed by atoms with van der Waals surface area (Å²) in [5.41, 5.74) is 2.79. The Bertz CT molecular complexity index is 773. The zero-order valence-electron chi connectivity index (χ0n) is 17.7. The molecule has 4 rings (SSSR count). The van der Waals surface area contributed by atoms with Gasteiger partial charge in [0.15, 0.2) is 0 Å². The van der Waals surface area contributed by atoms with E-state index in [9.17, 15) is 0 Å². The van der Waals surface area contributed by atoms with E-state index in [1.165, 1.54) is 36.9 Å². The summed E-state index contributed by atoms with van der Waals surface area (Å²) in [6.45, 7) is 2.85. The topological polar surface area (TPSA) is 43.4 Å². The molecule has 0 unspecified atom stereocenters. The molecule has 1 aliphatic heterocycles. The fourth-order valence-electron chi connectivity index (χ4n) is 5.31. The highest BCUT2D eigenvalue weighted by atomic mass is 16.5. The first-order valence-corrected chi connectivity index (χ1v) is 11.1. The third kappa shape index (κ3) is 4.81. The van der Waals surface area contributed by atoms with Crippen LogP contribution in [0.3, 0.4) is 0 Å². The molecule has 1 saturated heterocycles. The molecule has 0 radical (unpaired) electrons. The Morgan fingerprint density at radius 1 is 1.07 bits per heavy atom. The van der Waals surface area contributed by atoms with Crippen LogP contribution in [0.4, 0.5) is 0 Å². The Hall–Kier alpha value is -1.91. The van der Waals surface area contributed by atoms with Crippen molar-refractivity contribution in [3.05, 3.63) is 59.9 Å². The third-order valence-corrected chi connectivity index (χ3v) is 6.88. The van der Waals surface area contributed by atoms with E-state index in [2.05, 4.69) is 35.6 Å². The number of nitrogens with zero attached hydrogens (tertiary/aromatic N) is 1. The molecule has 1 aromatic heterocycles. The molecule has 1 N–H and O–H groups in total. The van der Waals surface area contributed by atoms with Gasteiger partial charge in [0.25, 0.3) is 0 Å². The second-order valence-corrected chi connectivity index (χ2v) is 8.76. The van der Waals surface area contributed by atoms with Crippen LogP contribution in [-0.4, -0.2) is 37.4 Å². The van der Waals surface area contributed by atoms with E-state index in [1.807, 2.05) is 18.3 Å². The number of aromatic nitrogens is 1. The molecule has 2 fully saturated rings. The summed E-state index contributed by atoms with van der Waals surface area (Å²) in [6, 6.07) is 14.7. The van der Waals surface area contributed by atoms with Gasteiger partial charge >= 0.3 is 0 Å². The number of hydrogen-bond donors (Lipinski definition) is 1. The maximum atomic E-state index is 6.35. The second-order valence-electron chi connectivity index (χ2n) is 8.76. The zero-order valence-corrected chi connectivity index (χ0v) is 17.7. The summed E-state index contributed by atoms with van der Waals surface area (Å²) < 4.78 is 11.7. The van der Waals surface area contributed by atoms with Crippen LogP contribution in [0.15, 0.2) is 48.7 Å². The van der Waals surface area contributed by atoms with Gasteiger partial charge in [0.1, 0.15) is 5.75 Å². The fourth-order valence-corrected chi connectivity index (χ4v) is 5.31. The lowest BCUT2D eigenvalue weighted by atomic mass is 9.68. The molecular weight excluding hydrogens is 360 g/mol. The van der Waals surface area contributed by atoms with E-state index in [0.29, 0.717) is 0 Å². The largest absolute Gasteiger partial charge is 0.497 e. The molecule has 1 aliphatic carbocycles. The van der Waals surface area contributed by atoms with Crippen LogP contribution in [0, 0.1) is 0 Å². The fraction of sp³-hybridized carbons (Fsp3) is 0.560. The van der Waals surface area contributed by atoms with Crippen molar-refractivity contribution >= 4 is 0 Å². The Morgan fingerprint density at radius 3 is 2.76 bits per heavy atom. The molecule has 1 atom stereocenters. The van der Waals surface area contributed by atoms with Crippen LogP contribution in [0.5, 0.6) is 5.75 Å². The van der Waals surface area contributed by atoms with Crippen LogP contribution in [0.1, 0.15) is 56.2 Å². The highest BCUT2D eigenvalue weighted by Crippen LogP contribution is 2.49. The van der Waals surface area contributed by atoms with Crippen molar-refractivity contribution in [3.8, 4) is 5.75 Å². The number of methoxy groups -OCH3 is 1. The monoisotopic (exact) mass is 394 g/mol. The lowest BCUT2D eigenvalue weighted by molar-refractivity contribution is -0.104. The maximum absolute atomic E-state index is 6.35. The summed E-state index contributed by atoms with van der Waals surface area (Å²) in [6.07, 6.45) is 11.3. The average Bonchev–Trinajstić information content (AvgIpc) is 3.21. The van der Waals surface area contributed by atoms with Gasteiger partial charge < -0.3 is 14.8 Å². The first-order valence-electron chi connectivity index (χ1n) is 11.1. The highest BCUT2D eigenvalue weighted by Gasteiger charge is 2.48. The molecular formula is C25H34N2O2. The minimum Gasteiger partial charge on any atom is -0.497 e. The number of benzene rings is 1. The Balaban J connectivity index is 1.37. The van der Waals surface area contributed by atoms with Gasteiger partial charge in [0.05, 0.1) is 12.7 Å². The van der Waals surface area contributed by atoms with Crippen molar-refractivity contribution in [1.82, 2.24) is 10.3 Å². The molecule has 29 heavy (non-hydrogen) atoms. The molecule has 1 aromatic carbocycles. The molecule has 1 saturated carbocycles. The lowest BCUT2D eigenvalue weighted by Crippen LogP contribution is -2.47. The van der Waals surface area contributed by atoms with Gasteiger partial charge in [-0.05, 0) is 81.4 Å². The SMILES string of the molecule is COc1cccc(CCNCC[C@@]2(c3ccccn3)CCOC3(CCCC3)C2)c1. The summed E-state index contributed by atoms with van der Waals surface area (Å²) in [5.74, 6) is 0.931. The van der Waals surface area contributed by atoms with Crippen LogP contribution in [0.2, 0.25) is 0 Å². The van der Waals surface area contributed by atoms with Crippen molar-refractivity contribution in [2.24, 2.45) is 0 Å². The Kier molecular flexibility index (Phi) is 6.51. The maximum Gasteiger partial charge on any atom is 0.119 e. The summed E-state index contributed by atoms with van der Waals surface area (Å²) in [5, 5.41) is 3.68. The van der Waals surface area contributed by atoms with Crippen molar-refractivity contribution in [1.29, 1.82) is 0 Å². The summed E-state index contributed by atoms with van der Waals surface area (Å²) in [4.78, 5) is 4.80. The van der Waals surface area contributed by atoms with Gasteiger partial charge in [-0.25, -0.2) is 0 Å². The molecule has 1 spiro atoms. The van der Waals surface area contributed by atoms with Gasteiger partial charge in [-0.3, -0.25) is 4.98 Å². The van der Waals surface area contributed by atoms with Crippen molar-refractivity contribution in [3.63, 3.8) is 0 Å². The standard InChI is InChI=1S/C25H34N2O2/c1-28-22-8-6-7-21(19-22)10-16-26-17-13-24(23-9-2-5-15-27-23)14-18-29-25(20-24)11-3-4-12-25/h2,5-9,15,19,26H,3-4,10-14,16-18,20H2,1H3/t24-/m1/s1. The Labute approximate surface area is 175 Å².